The normalized spacial score (nSPS) is 15.2. The lowest BCUT2D eigenvalue weighted by molar-refractivity contribution is -0.121. The van der Waals surface area contributed by atoms with E-state index < -0.39 is 0 Å². The molecule has 0 spiro atoms. The first-order valence-electron chi connectivity index (χ1n) is 4.03. The first-order chi connectivity index (χ1) is 5.70. The third-order valence-electron chi connectivity index (χ3n) is 1.78. The van der Waals surface area contributed by atoms with E-state index in [0.29, 0.717) is 25.9 Å². The summed E-state index contributed by atoms with van der Waals surface area (Å²) < 4.78 is 4.92. The summed E-state index contributed by atoms with van der Waals surface area (Å²) in [5.74, 6) is 0.102. The number of carbonyl (C=O) groups is 2. The summed E-state index contributed by atoms with van der Waals surface area (Å²) in [7, 11) is 0. The molecule has 1 aliphatic heterocycles. The molecule has 3 nitrogen and oxygen atoms in total. The van der Waals surface area contributed by atoms with Gasteiger partial charge >= 0.3 is 0 Å². The number of ether oxygens (including phenoxy) is 1. The van der Waals surface area contributed by atoms with Crippen molar-refractivity contribution in [2.45, 2.75) is 26.2 Å². The molecular formula is C9H12O3. The largest absolute Gasteiger partial charge is 0.500 e. The Labute approximate surface area is 71.4 Å². The summed E-state index contributed by atoms with van der Waals surface area (Å²) in [5, 5.41) is 0. The van der Waals surface area contributed by atoms with Crippen molar-refractivity contribution in [2.24, 2.45) is 0 Å². The molecule has 0 aromatic heterocycles. The van der Waals surface area contributed by atoms with E-state index >= 15 is 0 Å². The lowest BCUT2D eigenvalue weighted by atomic mass is 10.1. The first-order valence-corrected chi connectivity index (χ1v) is 4.03. The van der Waals surface area contributed by atoms with Crippen LogP contribution in [0.25, 0.3) is 0 Å². The Kier molecular flexibility index (Phi) is 3.02. The van der Waals surface area contributed by atoms with Gasteiger partial charge in [-0.2, -0.15) is 0 Å². The predicted molar refractivity (Wildman–Crippen MR) is 43.6 cm³/mol. The van der Waals surface area contributed by atoms with Gasteiger partial charge in [0, 0.05) is 24.8 Å². The fraction of sp³-hybridized carbons (Fsp3) is 0.556. The van der Waals surface area contributed by atoms with Crippen molar-refractivity contribution in [1.82, 2.24) is 0 Å². The average Bonchev–Trinajstić information content (AvgIpc) is 2.51. The molecule has 0 saturated heterocycles. The molecule has 1 aliphatic rings. The lowest BCUT2D eigenvalue weighted by Crippen LogP contribution is -2.03. The Morgan fingerprint density at radius 2 is 2.25 bits per heavy atom. The zero-order valence-corrected chi connectivity index (χ0v) is 7.13. The van der Waals surface area contributed by atoms with Crippen LogP contribution in [0.4, 0.5) is 0 Å². The standard InChI is InChI=1S/C9H12O3/c1-7(10)2-3-9(11)8-4-5-12-6-8/h6H,2-5H2,1H3. The van der Waals surface area contributed by atoms with Crippen LogP contribution >= 0.6 is 0 Å². The molecular weight excluding hydrogens is 156 g/mol. The highest BCUT2D eigenvalue weighted by Crippen LogP contribution is 2.13. The molecule has 0 N–H and O–H groups in total. The fourth-order valence-corrected chi connectivity index (χ4v) is 1.04. The highest BCUT2D eigenvalue weighted by atomic mass is 16.5. The van der Waals surface area contributed by atoms with Crippen LogP contribution in [-0.4, -0.2) is 18.2 Å². The summed E-state index contributed by atoms with van der Waals surface area (Å²) in [6.07, 6.45) is 2.86. The van der Waals surface area contributed by atoms with Gasteiger partial charge in [-0.05, 0) is 6.92 Å². The van der Waals surface area contributed by atoms with Crippen molar-refractivity contribution in [3.05, 3.63) is 11.8 Å². The molecule has 0 aromatic carbocycles. The second-order valence-corrected chi connectivity index (χ2v) is 2.89. The van der Waals surface area contributed by atoms with Crippen LogP contribution in [0.2, 0.25) is 0 Å². The minimum Gasteiger partial charge on any atom is -0.500 e. The van der Waals surface area contributed by atoms with Gasteiger partial charge < -0.3 is 9.53 Å². The van der Waals surface area contributed by atoms with Crippen molar-refractivity contribution in [2.75, 3.05) is 6.61 Å². The molecule has 12 heavy (non-hydrogen) atoms. The van der Waals surface area contributed by atoms with Crippen LogP contribution in [0, 0.1) is 0 Å². The molecule has 0 amide bonds. The van der Waals surface area contributed by atoms with Crippen molar-refractivity contribution in [1.29, 1.82) is 0 Å². The maximum absolute atomic E-state index is 11.2. The smallest absolute Gasteiger partial charge is 0.162 e. The number of hydrogen-bond donors (Lipinski definition) is 0. The Bertz CT molecular complexity index is 228. The SMILES string of the molecule is CC(=O)CCC(=O)C1=COCC1. The van der Waals surface area contributed by atoms with Gasteiger partial charge in [0.05, 0.1) is 12.9 Å². The molecule has 0 radical (unpaired) electrons. The maximum atomic E-state index is 11.2. The van der Waals surface area contributed by atoms with Gasteiger partial charge in [0.15, 0.2) is 5.78 Å². The molecule has 1 rings (SSSR count). The Morgan fingerprint density at radius 3 is 2.75 bits per heavy atom. The van der Waals surface area contributed by atoms with Gasteiger partial charge in [0.2, 0.25) is 0 Å². The van der Waals surface area contributed by atoms with Gasteiger partial charge in [0.1, 0.15) is 5.78 Å². The van der Waals surface area contributed by atoms with E-state index in [1.54, 1.807) is 0 Å². The van der Waals surface area contributed by atoms with Crippen LogP contribution in [-0.2, 0) is 14.3 Å². The van der Waals surface area contributed by atoms with E-state index in [9.17, 15) is 9.59 Å². The lowest BCUT2D eigenvalue weighted by Gasteiger charge is -1.96. The Hall–Kier alpha value is -1.12. The summed E-state index contributed by atoms with van der Waals surface area (Å²) in [5.41, 5.74) is 0.719. The second kappa shape index (κ2) is 4.04. The highest BCUT2D eigenvalue weighted by Gasteiger charge is 2.14. The number of carbonyl (C=O) groups excluding carboxylic acids is 2. The monoisotopic (exact) mass is 168 g/mol. The zero-order valence-electron chi connectivity index (χ0n) is 7.13. The summed E-state index contributed by atoms with van der Waals surface area (Å²) in [6, 6.07) is 0. The molecule has 0 atom stereocenters. The van der Waals surface area contributed by atoms with Crippen molar-refractivity contribution in [3.8, 4) is 0 Å². The van der Waals surface area contributed by atoms with E-state index in [-0.39, 0.29) is 11.6 Å². The minimum absolute atomic E-state index is 0.0442. The van der Waals surface area contributed by atoms with Gasteiger partial charge in [-0.1, -0.05) is 0 Å². The molecule has 66 valence electrons. The van der Waals surface area contributed by atoms with Crippen molar-refractivity contribution < 1.29 is 14.3 Å². The Balaban J connectivity index is 2.33. The molecule has 3 heteroatoms. The molecule has 0 aromatic rings. The predicted octanol–water partition coefficient (Wildman–Crippen LogP) is 1.23. The van der Waals surface area contributed by atoms with Crippen molar-refractivity contribution >= 4 is 11.6 Å². The summed E-state index contributed by atoms with van der Waals surface area (Å²) in [4.78, 5) is 21.8. The van der Waals surface area contributed by atoms with E-state index in [4.69, 9.17) is 4.74 Å². The van der Waals surface area contributed by atoms with E-state index in [1.165, 1.54) is 13.2 Å². The maximum Gasteiger partial charge on any atom is 0.162 e. The van der Waals surface area contributed by atoms with Crippen LogP contribution in [0.15, 0.2) is 11.8 Å². The average molecular weight is 168 g/mol. The third-order valence-corrected chi connectivity index (χ3v) is 1.78. The quantitative estimate of drug-likeness (QED) is 0.634. The third kappa shape index (κ3) is 2.49. The minimum atomic E-state index is 0.0442. The molecule has 1 heterocycles. The van der Waals surface area contributed by atoms with Crippen molar-refractivity contribution in [3.63, 3.8) is 0 Å². The van der Waals surface area contributed by atoms with Gasteiger partial charge in [-0.3, -0.25) is 4.79 Å². The molecule has 0 saturated carbocycles. The molecule has 0 fully saturated rings. The highest BCUT2D eigenvalue weighted by molar-refractivity contribution is 5.97. The molecule has 0 aliphatic carbocycles. The number of hydrogen-bond acceptors (Lipinski definition) is 3. The van der Waals surface area contributed by atoms with Crippen LogP contribution in [0.3, 0.4) is 0 Å². The van der Waals surface area contributed by atoms with Gasteiger partial charge in [0.25, 0.3) is 0 Å². The second-order valence-electron chi connectivity index (χ2n) is 2.89. The van der Waals surface area contributed by atoms with Crippen LogP contribution in [0.1, 0.15) is 26.2 Å². The van der Waals surface area contributed by atoms with Gasteiger partial charge in [-0.25, -0.2) is 0 Å². The van der Waals surface area contributed by atoms with E-state index in [0.717, 1.165) is 5.57 Å². The number of ketones is 2. The topological polar surface area (TPSA) is 43.4 Å². The molecule has 0 unspecified atom stereocenters. The fourth-order valence-electron chi connectivity index (χ4n) is 1.04. The zero-order chi connectivity index (χ0) is 8.97. The number of Topliss-reactive ketones (excluding diaryl/α,β-unsaturated/α-hetero) is 2. The van der Waals surface area contributed by atoms with Crippen LogP contribution < -0.4 is 0 Å². The van der Waals surface area contributed by atoms with Gasteiger partial charge in [-0.15, -0.1) is 0 Å². The van der Waals surface area contributed by atoms with E-state index in [1.807, 2.05) is 0 Å². The Morgan fingerprint density at radius 1 is 1.50 bits per heavy atom. The van der Waals surface area contributed by atoms with E-state index in [2.05, 4.69) is 0 Å². The number of rotatable bonds is 4. The molecule has 0 bridgehead atoms. The summed E-state index contributed by atoms with van der Waals surface area (Å²) >= 11 is 0. The summed E-state index contributed by atoms with van der Waals surface area (Å²) in [6.45, 7) is 2.09. The first kappa shape index (κ1) is 8.97. The van der Waals surface area contributed by atoms with Crippen LogP contribution in [0.5, 0.6) is 0 Å².